The number of carbonyl (C=O) groups excluding carboxylic acids is 1. The van der Waals surface area contributed by atoms with Gasteiger partial charge in [-0.05, 0) is 36.4 Å². The first kappa shape index (κ1) is 20.2. The molecular weight excluding hydrogens is 399 g/mol. The van der Waals surface area contributed by atoms with Crippen LogP contribution in [0.4, 0.5) is 15.8 Å². The van der Waals surface area contributed by atoms with E-state index >= 15 is 0 Å². The Morgan fingerprint density at radius 1 is 1.21 bits per heavy atom. The lowest BCUT2D eigenvalue weighted by Gasteiger charge is -2.06. The molecule has 3 rings (SSSR count). The monoisotopic (exact) mass is 414 g/mol. The first-order valence-corrected chi connectivity index (χ1v) is 9.29. The number of methoxy groups -OCH3 is 1. The van der Waals surface area contributed by atoms with E-state index in [0.717, 1.165) is 29.5 Å². The molecule has 1 heterocycles. The van der Waals surface area contributed by atoms with Crippen LogP contribution in [0.1, 0.15) is 0 Å². The molecule has 0 fully saturated rings. The number of ether oxygens (including phenoxy) is 1. The number of nitrogens with zero attached hydrogens (tertiary/aromatic N) is 3. The minimum Gasteiger partial charge on any atom is -0.497 e. The normalized spacial score (nSPS) is 10.4. The standard InChI is InChI=1S/C19H15FN4O4S/c1-28-14-4-2-3-12(9-14)16-7-8-19(23-22-16)29-11-18(25)21-13-5-6-15(20)17(10-13)24(26)27/h2-10H,11H2,1H3,(H,21,25). The Morgan fingerprint density at radius 2 is 2.03 bits per heavy atom. The first-order chi connectivity index (χ1) is 14.0. The van der Waals surface area contributed by atoms with Crippen LogP contribution in [-0.4, -0.2) is 33.9 Å². The van der Waals surface area contributed by atoms with Crippen molar-refractivity contribution in [3.63, 3.8) is 0 Å². The molecule has 29 heavy (non-hydrogen) atoms. The van der Waals surface area contributed by atoms with Crippen LogP contribution in [0.25, 0.3) is 11.3 Å². The molecule has 148 valence electrons. The Kier molecular flexibility index (Phi) is 6.35. The van der Waals surface area contributed by atoms with Gasteiger partial charge in [-0.25, -0.2) is 0 Å². The van der Waals surface area contributed by atoms with E-state index < -0.39 is 22.3 Å². The highest BCUT2D eigenvalue weighted by molar-refractivity contribution is 7.99. The van der Waals surface area contributed by atoms with Gasteiger partial charge in [0.1, 0.15) is 10.8 Å². The lowest BCUT2D eigenvalue weighted by atomic mass is 10.1. The number of benzene rings is 2. The van der Waals surface area contributed by atoms with Crippen molar-refractivity contribution in [1.82, 2.24) is 10.2 Å². The summed E-state index contributed by atoms with van der Waals surface area (Å²) in [6.45, 7) is 0. The molecule has 2 aromatic carbocycles. The summed E-state index contributed by atoms with van der Waals surface area (Å²) in [6, 6.07) is 14.1. The van der Waals surface area contributed by atoms with Gasteiger partial charge >= 0.3 is 5.69 Å². The van der Waals surface area contributed by atoms with Gasteiger partial charge in [-0.15, -0.1) is 10.2 Å². The number of nitro benzene ring substituents is 1. The molecule has 0 aliphatic heterocycles. The number of nitrogens with one attached hydrogen (secondary N) is 1. The lowest BCUT2D eigenvalue weighted by Crippen LogP contribution is -2.14. The molecular formula is C19H15FN4O4S. The second-order valence-electron chi connectivity index (χ2n) is 5.75. The van der Waals surface area contributed by atoms with Crippen LogP contribution >= 0.6 is 11.8 Å². The number of amides is 1. The summed E-state index contributed by atoms with van der Waals surface area (Å²) < 4.78 is 18.5. The Bertz CT molecular complexity index is 1050. The Balaban J connectivity index is 1.59. The molecule has 10 heteroatoms. The predicted molar refractivity (Wildman–Crippen MR) is 106 cm³/mol. The highest BCUT2D eigenvalue weighted by atomic mass is 32.2. The summed E-state index contributed by atoms with van der Waals surface area (Å²) in [4.78, 5) is 22.0. The summed E-state index contributed by atoms with van der Waals surface area (Å²) >= 11 is 1.15. The molecule has 0 bridgehead atoms. The molecule has 1 N–H and O–H groups in total. The Hall–Kier alpha value is -3.53. The number of thioether (sulfide) groups is 1. The van der Waals surface area contributed by atoms with Crippen molar-refractivity contribution in [3.8, 4) is 17.0 Å². The molecule has 0 saturated heterocycles. The molecule has 0 saturated carbocycles. The topological polar surface area (TPSA) is 107 Å². The van der Waals surface area contributed by atoms with Gasteiger partial charge < -0.3 is 10.1 Å². The van der Waals surface area contributed by atoms with Crippen LogP contribution in [0.5, 0.6) is 5.75 Å². The minimum absolute atomic E-state index is 0.0123. The molecule has 1 amide bonds. The van der Waals surface area contributed by atoms with Crippen LogP contribution in [0, 0.1) is 15.9 Å². The van der Waals surface area contributed by atoms with Crippen LogP contribution < -0.4 is 10.1 Å². The van der Waals surface area contributed by atoms with Gasteiger partial charge in [0.15, 0.2) is 0 Å². The average molecular weight is 414 g/mol. The van der Waals surface area contributed by atoms with E-state index in [1.54, 1.807) is 19.2 Å². The third-order valence-electron chi connectivity index (χ3n) is 3.78. The quantitative estimate of drug-likeness (QED) is 0.355. The van der Waals surface area contributed by atoms with Gasteiger partial charge in [0.25, 0.3) is 0 Å². The van der Waals surface area contributed by atoms with Gasteiger partial charge in [0, 0.05) is 17.3 Å². The minimum atomic E-state index is -0.964. The molecule has 0 unspecified atom stereocenters. The summed E-state index contributed by atoms with van der Waals surface area (Å²) in [5.41, 5.74) is 0.956. The molecule has 0 atom stereocenters. The van der Waals surface area contributed by atoms with E-state index in [1.165, 1.54) is 6.07 Å². The maximum Gasteiger partial charge on any atom is 0.306 e. The van der Waals surface area contributed by atoms with Crippen LogP contribution in [-0.2, 0) is 4.79 Å². The van der Waals surface area contributed by atoms with Crippen molar-refractivity contribution in [3.05, 3.63) is 70.5 Å². The summed E-state index contributed by atoms with van der Waals surface area (Å²) in [6.07, 6.45) is 0. The fourth-order valence-electron chi connectivity index (χ4n) is 2.40. The SMILES string of the molecule is COc1cccc(-c2ccc(SCC(=O)Nc3ccc(F)c([N+](=O)[O-])c3)nn2)c1. The molecule has 1 aromatic heterocycles. The summed E-state index contributed by atoms with van der Waals surface area (Å²) in [5.74, 6) is -0.651. The van der Waals surface area contributed by atoms with Crippen molar-refractivity contribution in [1.29, 1.82) is 0 Å². The van der Waals surface area contributed by atoms with Gasteiger partial charge in [-0.1, -0.05) is 23.9 Å². The van der Waals surface area contributed by atoms with E-state index in [-0.39, 0.29) is 11.4 Å². The predicted octanol–water partition coefficient (Wildman–Crippen LogP) is 3.93. The highest BCUT2D eigenvalue weighted by Crippen LogP contribution is 2.24. The average Bonchev–Trinajstić information content (AvgIpc) is 2.74. The van der Waals surface area contributed by atoms with Crippen LogP contribution in [0.3, 0.4) is 0 Å². The van der Waals surface area contributed by atoms with Gasteiger partial charge in [-0.2, -0.15) is 4.39 Å². The number of rotatable bonds is 7. The number of carbonyl (C=O) groups is 1. The molecule has 0 radical (unpaired) electrons. The maximum absolute atomic E-state index is 13.3. The first-order valence-electron chi connectivity index (χ1n) is 8.31. The van der Waals surface area contributed by atoms with Crippen molar-refractivity contribution in [2.24, 2.45) is 0 Å². The zero-order valence-electron chi connectivity index (χ0n) is 15.2. The fraction of sp³-hybridized carbons (Fsp3) is 0.105. The maximum atomic E-state index is 13.3. The molecule has 3 aromatic rings. The summed E-state index contributed by atoms with van der Waals surface area (Å²) in [7, 11) is 1.58. The Morgan fingerprint density at radius 3 is 2.72 bits per heavy atom. The highest BCUT2D eigenvalue weighted by Gasteiger charge is 2.15. The fourth-order valence-corrected chi connectivity index (χ4v) is 3.01. The third-order valence-corrected chi connectivity index (χ3v) is 4.70. The number of nitro groups is 1. The second kappa shape index (κ2) is 9.11. The molecule has 0 aliphatic rings. The molecule has 0 spiro atoms. The number of aromatic nitrogens is 2. The number of anilines is 1. The number of hydrogen-bond acceptors (Lipinski definition) is 7. The largest absolute Gasteiger partial charge is 0.497 e. The van der Waals surface area contributed by atoms with E-state index in [0.29, 0.717) is 16.5 Å². The lowest BCUT2D eigenvalue weighted by molar-refractivity contribution is -0.387. The van der Waals surface area contributed by atoms with Crippen LogP contribution in [0.15, 0.2) is 59.6 Å². The second-order valence-corrected chi connectivity index (χ2v) is 6.74. The van der Waals surface area contributed by atoms with Gasteiger partial charge in [-0.3, -0.25) is 14.9 Å². The smallest absolute Gasteiger partial charge is 0.306 e. The van der Waals surface area contributed by atoms with E-state index in [2.05, 4.69) is 15.5 Å². The zero-order chi connectivity index (χ0) is 20.8. The molecule has 0 aliphatic carbocycles. The number of hydrogen-bond donors (Lipinski definition) is 1. The number of halogens is 1. The molecule has 8 nitrogen and oxygen atoms in total. The van der Waals surface area contributed by atoms with Crippen LogP contribution in [0.2, 0.25) is 0 Å². The Labute approximate surface area is 169 Å². The van der Waals surface area contributed by atoms with Crippen molar-refractivity contribution >= 4 is 29.0 Å². The zero-order valence-corrected chi connectivity index (χ0v) is 16.0. The van der Waals surface area contributed by atoms with Gasteiger partial charge in [0.05, 0.1) is 23.5 Å². The van der Waals surface area contributed by atoms with Crippen molar-refractivity contribution in [2.75, 3.05) is 18.2 Å². The third kappa shape index (κ3) is 5.26. The van der Waals surface area contributed by atoms with E-state index in [9.17, 15) is 19.3 Å². The summed E-state index contributed by atoms with van der Waals surface area (Å²) in [5, 5.41) is 22.0. The van der Waals surface area contributed by atoms with E-state index in [4.69, 9.17) is 4.74 Å². The van der Waals surface area contributed by atoms with Gasteiger partial charge in [0.2, 0.25) is 11.7 Å². The van der Waals surface area contributed by atoms with Crippen molar-refractivity contribution < 1.29 is 18.8 Å². The van der Waals surface area contributed by atoms with E-state index in [1.807, 2.05) is 24.3 Å². The van der Waals surface area contributed by atoms with Crippen molar-refractivity contribution in [2.45, 2.75) is 5.03 Å².